The van der Waals surface area contributed by atoms with Crippen LogP contribution in [0.3, 0.4) is 0 Å². The molecule has 0 amide bonds. The van der Waals surface area contributed by atoms with E-state index >= 15 is 0 Å². The lowest BCUT2D eigenvalue weighted by molar-refractivity contribution is 0.940. The molecule has 16 heavy (non-hydrogen) atoms. The summed E-state index contributed by atoms with van der Waals surface area (Å²) in [6.45, 7) is 0.919. The van der Waals surface area contributed by atoms with E-state index in [1.165, 1.54) is 11.3 Å². The van der Waals surface area contributed by atoms with E-state index in [-0.39, 0.29) is 0 Å². The van der Waals surface area contributed by atoms with Gasteiger partial charge in [0.2, 0.25) is 5.95 Å². The zero-order valence-electron chi connectivity index (χ0n) is 8.80. The Labute approximate surface area is 93.8 Å². The monoisotopic (exact) mass is 212 g/mol. The van der Waals surface area contributed by atoms with Crippen LogP contribution in [-0.4, -0.2) is 16.5 Å². The molecular formula is C12H12N4. The molecule has 1 aliphatic rings. The van der Waals surface area contributed by atoms with E-state index in [0.29, 0.717) is 0 Å². The number of nitrogens with zero attached hydrogens (tertiary/aromatic N) is 3. The smallest absolute Gasteiger partial charge is 0.229 e. The first-order valence-corrected chi connectivity index (χ1v) is 5.27. The van der Waals surface area contributed by atoms with Crippen LogP contribution < -0.4 is 10.6 Å². The summed E-state index contributed by atoms with van der Waals surface area (Å²) in [7, 11) is 0. The lowest BCUT2D eigenvalue weighted by Gasteiger charge is -2.16. The van der Waals surface area contributed by atoms with Gasteiger partial charge in [-0.2, -0.15) is 0 Å². The van der Waals surface area contributed by atoms with E-state index in [0.717, 1.165) is 24.6 Å². The summed E-state index contributed by atoms with van der Waals surface area (Å²) in [5.74, 6) is 0.756. The van der Waals surface area contributed by atoms with E-state index in [1.807, 2.05) is 24.3 Å². The normalized spacial score (nSPS) is 13.9. The summed E-state index contributed by atoms with van der Waals surface area (Å²) in [4.78, 5) is 10.7. The summed E-state index contributed by atoms with van der Waals surface area (Å²) in [6.07, 6.45) is 4.52. The van der Waals surface area contributed by atoms with Crippen LogP contribution in [0.15, 0.2) is 36.7 Å². The van der Waals surface area contributed by atoms with Crippen LogP contribution in [-0.2, 0) is 6.42 Å². The van der Waals surface area contributed by atoms with Gasteiger partial charge in [0.05, 0.1) is 0 Å². The molecule has 0 bridgehead atoms. The van der Waals surface area contributed by atoms with Gasteiger partial charge in [0, 0.05) is 30.3 Å². The molecule has 4 nitrogen and oxygen atoms in total. The molecule has 0 saturated carbocycles. The number of aromatic nitrogens is 2. The van der Waals surface area contributed by atoms with Gasteiger partial charge in [-0.05, 0) is 36.2 Å². The van der Waals surface area contributed by atoms with Gasteiger partial charge in [-0.25, -0.2) is 9.97 Å². The van der Waals surface area contributed by atoms with Gasteiger partial charge in [-0.15, -0.1) is 0 Å². The van der Waals surface area contributed by atoms with Gasteiger partial charge in [0.15, 0.2) is 0 Å². The molecule has 80 valence electrons. The number of hydrogen-bond acceptors (Lipinski definition) is 4. The van der Waals surface area contributed by atoms with E-state index in [4.69, 9.17) is 5.73 Å². The average Bonchev–Trinajstić information content (AvgIpc) is 2.73. The minimum atomic E-state index is 0.756. The molecule has 2 heterocycles. The van der Waals surface area contributed by atoms with Gasteiger partial charge in [0.25, 0.3) is 0 Å². The molecule has 0 saturated heterocycles. The third-order valence-electron chi connectivity index (χ3n) is 2.79. The first-order valence-electron chi connectivity index (χ1n) is 5.27. The van der Waals surface area contributed by atoms with Gasteiger partial charge >= 0.3 is 0 Å². The van der Waals surface area contributed by atoms with Crippen molar-refractivity contribution >= 4 is 17.3 Å². The van der Waals surface area contributed by atoms with Crippen molar-refractivity contribution in [3.8, 4) is 0 Å². The van der Waals surface area contributed by atoms with Crippen molar-refractivity contribution in [2.45, 2.75) is 6.42 Å². The van der Waals surface area contributed by atoms with Gasteiger partial charge in [0.1, 0.15) is 0 Å². The molecule has 0 aliphatic carbocycles. The highest BCUT2D eigenvalue weighted by Gasteiger charge is 2.21. The van der Waals surface area contributed by atoms with E-state index in [2.05, 4.69) is 14.9 Å². The summed E-state index contributed by atoms with van der Waals surface area (Å²) in [6, 6.07) is 7.80. The number of nitrogens with two attached hydrogens (primary N) is 1. The van der Waals surface area contributed by atoms with Crippen LogP contribution in [0.25, 0.3) is 0 Å². The summed E-state index contributed by atoms with van der Waals surface area (Å²) >= 11 is 0. The van der Waals surface area contributed by atoms with E-state index in [1.54, 1.807) is 12.4 Å². The molecule has 1 aliphatic heterocycles. The Kier molecular flexibility index (Phi) is 1.99. The molecule has 0 fully saturated rings. The zero-order valence-corrected chi connectivity index (χ0v) is 8.80. The molecule has 0 spiro atoms. The van der Waals surface area contributed by atoms with Crippen LogP contribution in [0.4, 0.5) is 17.3 Å². The Balaban J connectivity index is 2.04. The second kappa shape index (κ2) is 3.48. The minimum absolute atomic E-state index is 0.756. The largest absolute Gasteiger partial charge is 0.399 e. The highest BCUT2D eigenvalue weighted by Crippen LogP contribution is 2.33. The number of hydrogen-bond donors (Lipinski definition) is 1. The predicted molar refractivity (Wildman–Crippen MR) is 63.6 cm³/mol. The van der Waals surface area contributed by atoms with Crippen LogP contribution in [0.2, 0.25) is 0 Å². The van der Waals surface area contributed by atoms with Crippen molar-refractivity contribution in [1.82, 2.24) is 9.97 Å². The fourth-order valence-electron chi connectivity index (χ4n) is 2.06. The van der Waals surface area contributed by atoms with Crippen molar-refractivity contribution in [1.29, 1.82) is 0 Å². The van der Waals surface area contributed by atoms with Crippen molar-refractivity contribution in [2.75, 3.05) is 17.2 Å². The number of fused-ring (bicyclic) bond motifs is 1. The third-order valence-corrected chi connectivity index (χ3v) is 2.79. The predicted octanol–water partition coefficient (Wildman–Crippen LogP) is 1.75. The van der Waals surface area contributed by atoms with Crippen LogP contribution in [0, 0.1) is 0 Å². The number of anilines is 3. The topological polar surface area (TPSA) is 55.0 Å². The van der Waals surface area contributed by atoms with Gasteiger partial charge in [-0.1, -0.05) is 0 Å². The number of nitrogen functional groups attached to an aromatic ring is 1. The first kappa shape index (κ1) is 9.15. The second-order valence-electron chi connectivity index (χ2n) is 3.84. The first-order chi connectivity index (χ1) is 7.84. The molecule has 0 radical (unpaired) electrons. The highest BCUT2D eigenvalue weighted by atomic mass is 15.3. The molecule has 0 atom stereocenters. The minimum Gasteiger partial charge on any atom is -0.399 e. The maximum atomic E-state index is 5.77. The second-order valence-corrected chi connectivity index (χ2v) is 3.84. The number of benzene rings is 1. The summed E-state index contributed by atoms with van der Waals surface area (Å²) in [5, 5.41) is 0. The average molecular weight is 212 g/mol. The van der Waals surface area contributed by atoms with E-state index < -0.39 is 0 Å². The van der Waals surface area contributed by atoms with Crippen LogP contribution in [0.1, 0.15) is 5.56 Å². The van der Waals surface area contributed by atoms with Gasteiger partial charge < -0.3 is 10.6 Å². The Morgan fingerprint density at radius 1 is 1.19 bits per heavy atom. The van der Waals surface area contributed by atoms with Crippen molar-refractivity contribution in [3.63, 3.8) is 0 Å². The Morgan fingerprint density at radius 3 is 2.81 bits per heavy atom. The standard InChI is InChI=1S/C12H12N4/c13-10-2-3-11-9(8-10)4-7-16(11)12-14-5-1-6-15-12/h1-3,5-6,8H,4,7,13H2. The maximum Gasteiger partial charge on any atom is 0.229 e. The molecule has 3 rings (SSSR count). The van der Waals surface area contributed by atoms with E-state index in [9.17, 15) is 0 Å². The Morgan fingerprint density at radius 2 is 2.00 bits per heavy atom. The maximum absolute atomic E-state index is 5.77. The lowest BCUT2D eigenvalue weighted by Crippen LogP contribution is -2.15. The zero-order chi connectivity index (χ0) is 11.0. The molecule has 2 N–H and O–H groups in total. The quantitative estimate of drug-likeness (QED) is 0.732. The third kappa shape index (κ3) is 1.39. The SMILES string of the molecule is Nc1ccc2c(c1)CCN2c1ncccn1. The fourth-order valence-corrected chi connectivity index (χ4v) is 2.06. The highest BCUT2D eigenvalue weighted by molar-refractivity contribution is 5.68. The molecule has 1 aromatic carbocycles. The van der Waals surface area contributed by atoms with Crippen LogP contribution in [0.5, 0.6) is 0 Å². The number of rotatable bonds is 1. The molecule has 2 aromatic rings. The summed E-state index contributed by atoms with van der Waals surface area (Å²) < 4.78 is 0. The summed E-state index contributed by atoms with van der Waals surface area (Å²) in [5.41, 5.74) is 9.02. The van der Waals surface area contributed by atoms with Gasteiger partial charge in [-0.3, -0.25) is 0 Å². The van der Waals surface area contributed by atoms with Crippen molar-refractivity contribution < 1.29 is 0 Å². The van der Waals surface area contributed by atoms with Crippen LogP contribution >= 0.6 is 0 Å². The molecule has 0 unspecified atom stereocenters. The Hall–Kier alpha value is -2.10. The lowest BCUT2D eigenvalue weighted by atomic mass is 10.1. The molecule has 1 aromatic heterocycles. The fraction of sp³-hybridized carbons (Fsp3) is 0.167. The molecular weight excluding hydrogens is 200 g/mol. The molecule has 4 heteroatoms. The van der Waals surface area contributed by atoms with Crippen molar-refractivity contribution in [3.05, 3.63) is 42.2 Å². The van der Waals surface area contributed by atoms with Crippen molar-refractivity contribution in [2.24, 2.45) is 0 Å². The Bertz CT molecular complexity index is 510.